The maximum absolute atomic E-state index is 13.6. The Morgan fingerprint density at radius 3 is 2.88 bits per heavy atom. The molecule has 0 aliphatic carbocycles. The third kappa shape index (κ3) is 2.73. The SMILES string of the molecule is COc1nn(C)cc1Nc1nc(N2CCC(F)C2)nc2c1ncn2C. The van der Waals surface area contributed by atoms with Gasteiger partial charge in [-0.3, -0.25) is 4.68 Å². The van der Waals surface area contributed by atoms with Crippen LogP contribution in [0.5, 0.6) is 5.88 Å². The van der Waals surface area contributed by atoms with E-state index in [1.807, 2.05) is 16.5 Å². The Hall–Kier alpha value is -2.91. The molecule has 1 unspecified atom stereocenters. The summed E-state index contributed by atoms with van der Waals surface area (Å²) in [4.78, 5) is 15.4. The number of aryl methyl sites for hydroxylation is 2. The highest BCUT2D eigenvalue weighted by atomic mass is 19.1. The number of anilines is 3. The van der Waals surface area contributed by atoms with Gasteiger partial charge in [-0.2, -0.15) is 9.97 Å². The predicted molar refractivity (Wildman–Crippen MR) is 91.1 cm³/mol. The Balaban J connectivity index is 1.78. The molecule has 132 valence electrons. The molecule has 1 fully saturated rings. The fourth-order valence-corrected chi connectivity index (χ4v) is 2.96. The van der Waals surface area contributed by atoms with Crippen molar-refractivity contribution < 1.29 is 9.13 Å². The summed E-state index contributed by atoms with van der Waals surface area (Å²) in [7, 11) is 5.23. The summed E-state index contributed by atoms with van der Waals surface area (Å²) in [6.07, 6.45) is 3.12. The van der Waals surface area contributed by atoms with Crippen molar-refractivity contribution in [1.82, 2.24) is 29.3 Å². The van der Waals surface area contributed by atoms with E-state index in [1.165, 1.54) is 0 Å². The van der Waals surface area contributed by atoms with E-state index in [1.54, 1.807) is 31.4 Å². The minimum Gasteiger partial charge on any atom is -0.478 e. The van der Waals surface area contributed by atoms with Crippen LogP contribution in [0, 0.1) is 0 Å². The molecule has 3 aromatic rings. The Labute approximate surface area is 143 Å². The van der Waals surface area contributed by atoms with Gasteiger partial charge in [0.15, 0.2) is 17.0 Å². The first-order valence-electron chi connectivity index (χ1n) is 7.98. The normalized spacial score (nSPS) is 17.4. The van der Waals surface area contributed by atoms with E-state index in [9.17, 15) is 4.39 Å². The number of alkyl halides is 1. The van der Waals surface area contributed by atoms with Crippen LogP contribution in [0.25, 0.3) is 11.2 Å². The Kier molecular flexibility index (Phi) is 3.66. The summed E-state index contributed by atoms with van der Waals surface area (Å²) in [6, 6.07) is 0. The van der Waals surface area contributed by atoms with E-state index in [4.69, 9.17) is 4.74 Å². The third-order valence-corrected chi connectivity index (χ3v) is 4.20. The van der Waals surface area contributed by atoms with E-state index in [0.29, 0.717) is 54.0 Å². The van der Waals surface area contributed by atoms with Crippen LogP contribution in [-0.2, 0) is 14.1 Å². The van der Waals surface area contributed by atoms with Gasteiger partial charge < -0.3 is 19.5 Å². The van der Waals surface area contributed by atoms with Gasteiger partial charge in [-0.05, 0) is 6.42 Å². The lowest BCUT2D eigenvalue weighted by Gasteiger charge is -2.16. The lowest BCUT2D eigenvalue weighted by Crippen LogP contribution is -2.23. The highest BCUT2D eigenvalue weighted by Crippen LogP contribution is 2.30. The molecule has 0 radical (unpaired) electrons. The molecule has 25 heavy (non-hydrogen) atoms. The second-order valence-electron chi connectivity index (χ2n) is 6.08. The average Bonchev–Trinajstić information content (AvgIpc) is 3.27. The molecule has 0 amide bonds. The smallest absolute Gasteiger partial charge is 0.256 e. The lowest BCUT2D eigenvalue weighted by atomic mass is 10.3. The van der Waals surface area contributed by atoms with Gasteiger partial charge >= 0.3 is 0 Å². The summed E-state index contributed by atoms with van der Waals surface area (Å²) < 4.78 is 22.3. The topological polar surface area (TPSA) is 85.9 Å². The average molecular weight is 346 g/mol. The zero-order valence-corrected chi connectivity index (χ0v) is 14.3. The molecule has 3 aromatic heterocycles. The molecule has 0 aromatic carbocycles. The van der Waals surface area contributed by atoms with E-state index >= 15 is 0 Å². The molecule has 10 heteroatoms. The van der Waals surface area contributed by atoms with E-state index in [2.05, 4.69) is 25.4 Å². The minimum absolute atomic E-state index is 0.305. The second-order valence-corrected chi connectivity index (χ2v) is 6.08. The van der Waals surface area contributed by atoms with Gasteiger partial charge in [0.2, 0.25) is 5.95 Å². The highest BCUT2D eigenvalue weighted by molar-refractivity contribution is 5.87. The summed E-state index contributed by atoms with van der Waals surface area (Å²) in [6.45, 7) is 0.902. The number of imidazole rings is 1. The van der Waals surface area contributed by atoms with Crippen molar-refractivity contribution in [2.24, 2.45) is 14.1 Å². The van der Waals surface area contributed by atoms with Crippen molar-refractivity contribution in [2.45, 2.75) is 12.6 Å². The van der Waals surface area contributed by atoms with Crippen LogP contribution in [-0.4, -0.2) is 55.7 Å². The molecule has 1 saturated heterocycles. The Morgan fingerprint density at radius 2 is 2.16 bits per heavy atom. The first kappa shape index (κ1) is 15.6. The first-order chi connectivity index (χ1) is 12.0. The summed E-state index contributed by atoms with van der Waals surface area (Å²) in [5, 5.41) is 7.44. The number of hydrogen-bond acceptors (Lipinski definition) is 7. The van der Waals surface area contributed by atoms with E-state index in [-0.39, 0.29) is 0 Å². The van der Waals surface area contributed by atoms with Crippen LogP contribution in [0.1, 0.15) is 6.42 Å². The Bertz CT molecular complexity index is 920. The molecule has 0 saturated carbocycles. The van der Waals surface area contributed by atoms with Crippen LogP contribution in [0.4, 0.5) is 21.8 Å². The zero-order chi connectivity index (χ0) is 17.6. The summed E-state index contributed by atoms with van der Waals surface area (Å²) in [5.74, 6) is 1.48. The number of halogens is 1. The van der Waals surface area contributed by atoms with Crippen molar-refractivity contribution in [3.8, 4) is 5.88 Å². The number of rotatable bonds is 4. The van der Waals surface area contributed by atoms with Crippen LogP contribution in [0.2, 0.25) is 0 Å². The number of aromatic nitrogens is 6. The molecule has 1 atom stereocenters. The van der Waals surface area contributed by atoms with Crippen LogP contribution in [0.3, 0.4) is 0 Å². The van der Waals surface area contributed by atoms with Crippen LogP contribution < -0.4 is 15.0 Å². The fourth-order valence-electron chi connectivity index (χ4n) is 2.96. The van der Waals surface area contributed by atoms with Crippen molar-refractivity contribution in [1.29, 1.82) is 0 Å². The quantitative estimate of drug-likeness (QED) is 0.764. The monoisotopic (exact) mass is 346 g/mol. The standard InChI is InChI=1S/C15H19FN8O/c1-22-8-17-11-12(18-10-7-23(2)21-14(10)25-3)19-15(20-13(11)22)24-5-4-9(16)6-24/h7-9H,4-6H2,1-3H3,(H,18,19,20). The Morgan fingerprint density at radius 1 is 1.32 bits per heavy atom. The highest BCUT2D eigenvalue weighted by Gasteiger charge is 2.26. The minimum atomic E-state index is -0.847. The zero-order valence-electron chi connectivity index (χ0n) is 14.3. The van der Waals surface area contributed by atoms with Gasteiger partial charge in [0.05, 0.1) is 26.2 Å². The molecule has 1 aliphatic heterocycles. The number of nitrogens with zero attached hydrogens (tertiary/aromatic N) is 7. The molecule has 4 rings (SSSR count). The molecule has 9 nitrogen and oxygen atoms in total. The van der Waals surface area contributed by atoms with Gasteiger partial charge in [-0.1, -0.05) is 0 Å². The van der Waals surface area contributed by atoms with Crippen molar-refractivity contribution in [2.75, 3.05) is 30.4 Å². The van der Waals surface area contributed by atoms with Crippen molar-refractivity contribution in [3.63, 3.8) is 0 Å². The van der Waals surface area contributed by atoms with Gasteiger partial charge in [-0.25, -0.2) is 9.37 Å². The number of methoxy groups -OCH3 is 1. The maximum Gasteiger partial charge on any atom is 0.256 e. The maximum atomic E-state index is 13.6. The van der Waals surface area contributed by atoms with E-state index in [0.717, 1.165) is 0 Å². The van der Waals surface area contributed by atoms with Crippen molar-refractivity contribution in [3.05, 3.63) is 12.5 Å². The van der Waals surface area contributed by atoms with Gasteiger partial charge in [-0.15, -0.1) is 5.10 Å². The fraction of sp³-hybridized carbons (Fsp3) is 0.467. The third-order valence-electron chi connectivity index (χ3n) is 4.20. The molecular weight excluding hydrogens is 327 g/mol. The van der Waals surface area contributed by atoms with Crippen LogP contribution >= 0.6 is 0 Å². The van der Waals surface area contributed by atoms with Gasteiger partial charge in [0, 0.05) is 20.6 Å². The molecule has 1 aliphatic rings. The summed E-state index contributed by atoms with van der Waals surface area (Å²) in [5.41, 5.74) is 1.98. The van der Waals surface area contributed by atoms with Gasteiger partial charge in [0.25, 0.3) is 5.88 Å². The van der Waals surface area contributed by atoms with E-state index < -0.39 is 6.17 Å². The van der Waals surface area contributed by atoms with Gasteiger partial charge in [0.1, 0.15) is 11.9 Å². The number of nitrogens with one attached hydrogen (secondary N) is 1. The lowest BCUT2D eigenvalue weighted by molar-refractivity contribution is 0.364. The molecule has 4 heterocycles. The predicted octanol–water partition coefficient (Wildman–Crippen LogP) is 1.40. The number of fused-ring (bicyclic) bond motifs is 1. The molecule has 0 spiro atoms. The largest absolute Gasteiger partial charge is 0.478 e. The number of ether oxygens (including phenoxy) is 1. The molecular formula is C15H19FN8O. The van der Waals surface area contributed by atoms with Crippen LogP contribution in [0.15, 0.2) is 12.5 Å². The number of hydrogen-bond donors (Lipinski definition) is 1. The molecule has 1 N–H and O–H groups in total. The summed E-state index contributed by atoms with van der Waals surface area (Å²) >= 11 is 0. The van der Waals surface area contributed by atoms with Crippen molar-refractivity contribution >= 4 is 28.6 Å². The second kappa shape index (κ2) is 5.87. The first-order valence-corrected chi connectivity index (χ1v) is 7.98. The molecule has 0 bridgehead atoms.